The lowest BCUT2D eigenvalue weighted by Crippen LogP contribution is -2.45. The van der Waals surface area contributed by atoms with Crippen molar-refractivity contribution in [2.75, 3.05) is 0 Å². The molecule has 18 heavy (non-hydrogen) atoms. The van der Waals surface area contributed by atoms with Crippen LogP contribution in [-0.2, 0) is 4.84 Å². The van der Waals surface area contributed by atoms with E-state index in [4.69, 9.17) is 0 Å². The van der Waals surface area contributed by atoms with E-state index in [0.29, 0.717) is 0 Å². The molecule has 0 bridgehead atoms. The summed E-state index contributed by atoms with van der Waals surface area (Å²) in [6, 6.07) is 9.03. The van der Waals surface area contributed by atoms with E-state index in [9.17, 15) is 18.3 Å². The summed E-state index contributed by atoms with van der Waals surface area (Å²) >= 11 is 0. The standard InChI is InChI=1S/C12H10F3NO2/c13-12(14,15)11(17)8-10(16-18-11)7-6-9-4-2-1-3-5-9/h1-7,17H,8H2/b7-6-/t11-/m0/s1. The molecular weight excluding hydrogens is 247 g/mol. The summed E-state index contributed by atoms with van der Waals surface area (Å²) in [5.74, 6) is -3.20. The fraction of sp³-hybridized carbons (Fsp3) is 0.250. The Morgan fingerprint density at radius 1 is 1.22 bits per heavy atom. The molecule has 0 amide bonds. The minimum Gasteiger partial charge on any atom is -0.350 e. The molecule has 2 rings (SSSR count). The molecule has 0 fully saturated rings. The number of halogens is 3. The van der Waals surface area contributed by atoms with Crippen LogP contribution in [0.3, 0.4) is 0 Å². The van der Waals surface area contributed by atoms with Crippen LogP contribution in [0.1, 0.15) is 12.0 Å². The number of hydrogen-bond donors (Lipinski definition) is 1. The van der Waals surface area contributed by atoms with Crippen LogP contribution in [0.2, 0.25) is 0 Å². The Balaban J connectivity index is 2.04. The first-order chi connectivity index (χ1) is 8.41. The Labute approximate surface area is 101 Å². The first-order valence-corrected chi connectivity index (χ1v) is 5.18. The summed E-state index contributed by atoms with van der Waals surface area (Å²) in [6.07, 6.45) is -2.58. The Morgan fingerprint density at radius 3 is 2.44 bits per heavy atom. The highest BCUT2D eigenvalue weighted by molar-refractivity contribution is 5.99. The molecule has 6 heteroatoms. The third-order valence-electron chi connectivity index (χ3n) is 2.45. The normalized spacial score (nSPS) is 24.1. The van der Waals surface area contributed by atoms with Crippen molar-refractivity contribution in [1.29, 1.82) is 0 Å². The number of hydrogen-bond acceptors (Lipinski definition) is 3. The maximum atomic E-state index is 12.4. The van der Waals surface area contributed by atoms with E-state index in [-0.39, 0.29) is 5.71 Å². The fourth-order valence-electron chi connectivity index (χ4n) is 1.44. The highest BCUT2D eigenvalue weighted by Crippen LogP contribution is 2.37. The molecule has 1 N–H and O–H groups in total. The zero-order valence-corrected chi connectivity index (χ0v) is 9.19. The average molecular weight is 257 g/mol. The summed E-state index contributed by atoms with van der Waals surface area (Å²) < 4.78 is 37.2. The van der Waals surface area contributed by atoms with Crippen LogP contribution in [0.5, 0.6) is 0 Å². The zero-order valence-electron chi connectivity index (χ0n) is 9.19. The van der Waals surface area contributed by atoms with Gasteiger partial charge in [-0.2, -0.15) is 13.2 Å². The van der Waals surface area contributed by atoms with Crippen molar-refractivity contribution in [3.05, 3.63) is 42.0 Å². The van der Waals surface area contributed by atoms with E-state index in [1.165, 1.54) is 6.08 Å². The number of nitrogens with zero attached hydrogens (tertiary/aromatic N) is 1. The average Bonchev–Trinajstić information content (AvgIpc) is 2.71. The van der Waals surface area contributed by atoms with Crippen molar-refractivity contribution >= 4 is 11.8 Å². The van der Waals surface area contributed by atoms with Gasteiger partial charge in [0.1, 0.15) is 0 Å². The van der Waals surface area contributed by atoms with Crippen molar-refractivity contribution < 1.29 is 23.1 Å². The van der Waals surface area contributed by atoms with Crippen molar-refractivity contribution in [1.82, 2.24) is 0 Å². The molecule has 3 nitrogen and oxygen atoms in total. The molecule has 0 saturated heterocycles. The minimum atomic E-state index is -4.86. The van der Waals surface area contributed by atoms with Gasteiger partial charge in [-0.1, -0.05) is 41.6 Å². The molecule has 1 aromatic rings. The van der Waals surface area contributed by atoms with Gasteiger partial charge < -0.3 is 9.94 Å². The molecule has 0 saturated carbocycles. The predicted molar refractivity (Wildman–Crippen MR) is 59.6 cm³/mol. The van der Waals surface area contributed by atoms with Gasteiger partial charge in [0.25, 0.3) is 0 Å². The molecule has 1 heterocycles. The van der Waals surface area contributed by atoms with Crippen LogP contribution in [0.15, 0.2) is 41.6 Å². The number of benzene rings is 1. The molecule has 1 aliphatic heterocycles. The highest BCUT2D eigenvalue weighted by atomic mass is 19.4. The SMILES string of the molecule is O[C@@]1(C(F)(F)F)CC(/C=C\c2ccccc2)=NO1. The van der Waals surface area contributed by atoms with E-state index >= 15 is 0 Å². The van der Waals surface area contributed by atoms with E-state index in [0.717, 1.165) is 5.56 Å². The summed E-state index contributed by atoms with van der Waals surface area (Å²) in [5, 5.41) is 12.4. The Hall–Kier alpha value is -1.82. The maximum Gasteiger partial charge on any atom is 0.458 e. The van der Waals surface area contributed by atoms with E-state index in [1.807, 2.05) is 6.07 Å². The van der Waals surface area contributed by atoms with Crippen molar-refractivity contribution in [3.63, 3.8) is 0 Å². The first kappa shape index (κ1) is 12.6. The molecule has 1 atom stereocenters. The number of aliphatic hydroxyl groups is 1. The molecule has 1 aliphatic rings. The molecule has 0 aliphatic carbocycles. The number of allylic oxidation sites excluding steroid dienone is 1. The number of oxime groups is 1. The van der Waals surface area contributed by atoms with Gasteiger partial charge in [0.2, 0.25) is 0 Å². The predicted octanol–water partition coefficient (Wildman–Crippen LogP) is 2.73. The number of rotatable bonds is 2. The summed E-state index contributed by atoms with van der Waals surface area (Å²) in [7, 11) is 0. The third kappa shape index (κ3) is 2.53. The van der Waals surface area contributed by atoms with E-state index < -0.39 is 18.4 Å². The van der Waals surface area contributed by atoms with Crippen molar-refractivity contribution in [2.45, 2.75) is 18.4 Å². The second kappa shape index (κ2) is 4.45. The van der Waals surface area contributed by atoms with Gasteiger partial charge in [-0.25, -0.2) is 0 Å². The molecule has 0 unspecified atom stereocenters. The zero-order chi connectivity index (χ0) is 13.2. The monoisotopic (exact) mass is 257 g/mol. The van der Waals surface area contributed by atoms with Crippen molar-refractivity contribution in [3.8, 4) is 0 Å². The smallest absolute Gasteiger partial charge is 0.350 e. The van der Waals surface area contributed by atoms with E-state index in [2.05, 4.69) is 9.99 Å². The Kier molecular flexibility index (Phi) is 3.13. The van der Waals surface area contributed by atoms with Crippen LogP contribution >= 0.6 is 0 Å². The Bertz CT molecular complexity index is 482. The van der Waals surface area contributed by atoms with Crippen LogP contribution in [0.4, 0.5) is 13.2 Å². The van der Waals surface area contributed by atoms with Crippen LogP contribution in [0, 0.1) is 0 Å². The quantitative estimate of drug-likeness (QED) is 0.885. The molecule has 1 aromatic carbocycles. The molecule has 0 spiro atoms. The van der Waals surface area contributed by atoms with Crippen LogP contribution < -0.4 is 0 Å². The third-order valence-corrected chi connectivity index (χ3v) is 2.45. The molecule has 0 radical (unpaired) electrons. The number of alkyl halides is 3. The summed E-state index contributed by atoms with van der Waals surface area (Å²) in [4.78, 5) is 4.07. The topological polar surface area (TPSA) is 41.8 Å². The largest absolute Gasteiger partial charge is 0.458 e. The van der Waals surface area contributed by atoms with E-state index in [1.54, 1.807) is 30.3 Å². The van der Waals surface area contributed by atoms with Crippen molar-refractivity contribution in [2.24, 2.45) is 5.16 Å². The minimum absolute atomic E-state index is 0.0404. The Morgan fingerprint density at radius 2 is 1.89 bits per heavy atom. The van der Waals surface area contributed by atoms with Gasteiger partial charge in [-0.05, 0) is 11.6 Å². The second-order valence-electron chi connectivity index (χ2n) is 3.88. The summed E-state index contributed by atoms with van der Waals surface area (Å²) in [6.45, 7) is 0. The van der Waals surface area contributed by atoms with Gasteiger partial charge in [0.05, 0.1) is 12.1 Å². The van der Waals surface area contributed by atoms with Gasteiger partial charge in [0, 0.05) is 0 Å². The summed E-state index contributed by atoms with van der Waals surface area (Å²) in [5.41, 5.74) is 0.862. The van der Waals surface area contributed by atoms with Gasteiger partial charge in [0.15, 0.2) is 0 Å². The fourth-order valence-corrected chi connectivity index (χ4v) is 1.44. The van der Waals surface area contributed by atoms with Gasteiger partial charge >= 0.3 is 12.0 Å². The highest BCUT2D eigenvalue weighted by Gasteiger charge is 2.60. The first-order valence-electron chi connectivity index (χ1n) is 5.18. The molecular formula is C12H10F3NO2. The molecule has 0 aromatic heterocycles. The molecule has 96 valence electrons. The van der Waals surface area contributed by atoms with Crippen LogP contribution in [0.25, 0.3) is 6.08 Å². The van der Waals surface area contributed by atoms with Gasteiger partial charge in [-0.3, -0.25) is 0 Å². The van der Waals surface area contributed by atoms with Crippen LogP contribution in [-0.4, -0.2) is 22.8 Å². The lowest BCUT2D eigenvalue weighted by atomic mass is 10.1. The second-order valence-corrected chi connectivity index (χ2v) is 3.88. The lowest BCUT2D eigenvalue weighted by Gasteiger charge is -2.22. The maximum absolute atomic E-state index is 12.4. The lowest BCUT2D eigenvalue weighted by molar-refractivity contribution is -0.355. The van der Waals surface area contributed by atoms with Gasteiger partial charge in [-0.15, -0.1) is 0 Å².